The summed E-state index contributed by atoms with van der Waals surface area (Å²) in [6.07, 6.45) is 1.76. The molecular formula is C31H27NO3S. The van der Waals surface area contributed by atoms with Crippen molar-refractivity contribution in [2.24, 2.45) is 5.16 Å². The lowest BCUT2D eigenvalue weighted by Crippen LogP contribution is -2.02. The second kappa shape index (κ2) is 12.1. The first-order valence-electron chi connectivity index (χ1n) is 11.8. The first-order valence-corrected chi connectivity index (χ1v) is 12.6. The Labute approximate surface area is 216 Å². The highest BCUT2D eigenvalue weighted by molar-refractivity contribution is 7.99. The van der Waals surface area contributed by atoms with Gasteiger partial charge in [0.2, 0.25) is 0 Å². The Bertz CT molecular complexity index is 1340. The predicted octanol–water partition coefficient (Wildman–Crippen LogP) is 7.14. The number of nitrogens with zero attached hydrogens (tertiary/aromatic N) is 1. The number of carbonyl (C=O) groups excluding carboxylic acids is 2. The first kappa shape index (κ1) is 25.1. The number of oxime groups is 1. The number of carbonyl (C=O) groups is 2. The van der Waals surface area contributed by atoms with Crippen molar-refractivity contribution in [1.82, 2.24) is 0 Å². The van der Waals surface area contributed by atoms with Crippen LogP contribution in [0, 0.1) is 0 Å². The molecule has 0 aromatic heterocycles. The zero-order chi connectivity index (χ0) is 25.3. The summed E-state index contributed by atoms with van der Waals surface area (Å²) < 4.78 is 0. The summed E-state index contributed by atoms with van der Waals surface area (Å²) in [5.74, 6) is -0.409. The van der Waals surface area contributed by atoms with Crippen LogP contribution in [-0.4, -0.2) is 17.5 Å². The maximum atomic E-state index is 12.9. The normalized spacial score (nSPS) is 11.2. The Morgan fingerprint density at radius 2 is 1.11 bits per heavy atom. The molecule has 0 unspecified atom stereocenters. The van der Waals surface area contributed by atoms with Gasteiger partial charge in [0.05, 0.1) is 5.71 Å². The van der Waals surface area contributed by atoms with Crippen LogP contribution in [0.3, 0.4) is 0 Å². The van der Waals surface area contributed by atoms with Gasteiger partial charge in [0.15, 0.2) is 5.78 Å². The fourth-order valence-corrected chi connectivity index (χ4v) is 4.51. The second-order valence-electron chi connectivity index (χ2n) is 8.42. The number of rotatable bonds is 9. The zero-order valence-electron chi connectivity index (χ0n) is 20.3. The number of hydrogen-bond donors (Lipinski definition) is 0. The monoisotopic (exact) mass is 493 g/mol. The molecule has 5 heteroatoms. The molecule has 0 aliphatic rings. The van der Waals surface area contributed by atoms with Crippen LogP contribution in [0.2, 0.25) is 0 Å². The quantitative estimate of drug-likeness (QED) is 0.108. The van der Waals surface area contributed by atoms with Crippen molar-refractivity contribution < 1.29 is 14.4 Å². The van der Waals surface area contributed by atoms with E-state index in [0.717, 1.165) is 23.3 Å². The van der Waals surface area contributed by atoms with E-state index in [1.54, 1.807) is 18.7 Å². The molecule has 0 aliphatic heterocycles. The summed E-state index contributed by atoms with van der Waals surface area (Å²) in [7, 11) is 0. The molecule has 0 atom stereocenters. The van der Waals surface area contributed by atoms with Crippen LogP contribution >= 0.6 is 11.8 Å². The van der Waals surface area contributed by atoms with E-state index in [4.69, 9.17) is 4.84 Å². The van der Waals surface area contributed by atoms with Crippen molar-refractivity contribution in [2.45, 2.75) is 36.5 Å². The van der Waals surface area contributed by atoms with E-state index in [-0.39, 0.29) is 5.78 Å². The van der Waals surface area contributed by atoms with Gasteiger partial charge in [-0.25, -0.2) is 4.79 Å². The first-order chi connectivity index (χ1) is 17.5. The van der Waals surface area contributed by atoms with Gasteiger partial charge in [-0.05, 0) is 72.9 Å². The molecule has 0 amide bonds. The molecule has 0 radical (unpaired) electrons. The van der Waals surface area contributed by atoms with E-state index in [2.05, 4.69) is 29.4 Å². The number of hydrogen-bond acceptors (Lipinski definition) is 5. The second-order valence-corrected chi connectivity index (χ2v) is 9.57. The van der Waals surface area contributed by atoms with Crippen LogP contribution in [0.5, 0.6) is 0 Å². The average Bonchev–Trinajstić information content (AvgIpc) is 2.92. The maximum Gasteiger partial charge on any atom is 0.331 e. The molecular weight excluding hydrogens is 466 g/mol. The lowest BCUT2D eigenvalue weighted by Gasteiger charge is -2.07. The van der Waals surface area contributed by atoms with Gasteiger partial charge in [-0.1, -0.05) is 83.6 Å². The zero-order valence-corrected chi connectivity index (χ0v) is 21.1. The standard InChI is InChI=1S/C31H27NO3S/c1-22(32-35-23(2)33)26-14-10-24(11-15-26)8-9-25-12-16-27(17-13-25)31(34)28-18-20-30(21-19-28)36-29-6-4-3-5-7-29/h3-7,10-21H,8-9H2,1-2H3. The van der Waals surface area contributed by atoms with E-state index in [9.17, 15) is 9.59 Å². The highest BCUT2D eigenvalue weighted by Gasteiger charge is 2.10. The van der Waals surface area contributed by atoms with Crippen LogP contribution in [0.15, 0.2) is 118 Å². The number of aryl methyl sites for hydroxylation is 2. The summed E-state index contributed by atoms with van der Waals surface area (Å²) in [6, 6.07) is 33.9. The smallest absolute Gasteiger partial charge is 0.318 e. The highest BCUT2D eigenvalue weighted by atomic mass is 32.2. The van der Waals surface area contributed by atoms with E-state index >= 15 is 0 Å². The largest absolute Gasteiger partial charge is 0.331 e. The Balaban J connectivity index is 1.32. The minimum atomic E-state index is -0.436. The summed E-state index contributed by atoms with van der Waals surface area (Å²) in [4.78, 5) is 30.8. The third-order valence-electron chi connectivity index (χ3n) is 5.70. The van der Waals surface area contributed by atoms with Crippen molar-refractivity contribution in [1.29, 1.82) is 0 Å². The fraction of sp³-hybridized carbons (Fsp3) is 0.129. The molecule has 0 heterocycles. The third-order valence-corrected chi connectivity index (χ3v) is 6.71. The fourth-order valence-electron chi connectivity index (χ4n) is 3.68. The molecule has 0 saturated heterocycles. The van der Waals surface area contributed by atoms with Crippen molar-refractivity contribution in [3.63, 3.8) is 0 Å². The van der Waals surface area contributed by atoms with Crippen LogP contribution < -0.4 is 0 Å². The SMILES string of the molecule is CC(=O)ON=C(C)c1ccc(CCc2ccc(C(=O)c3ccc(Sc4ccccc4)cc3)cc2)cc1. The molecule has 0 saturated carbocycles. The van der Waals surface area contributed by atoms with E-state index in [0.29, 0.717) is 16.8 Å². The minimum absolute atomic E-state index is 0.0270. The molecule has 0 spiro atoms. The molecule has 36 heavy (non-hydrogen) atoms. The Morgan fingerprint density at radius 3 is 1.64 bits per heavy atom. The van der Waals surface area contributed by atoms with E-state index < -0.39 is 5.97 Å². The molecule has 4 aromatic carbocycles. The van der Waals surface area contributed by atoms with Crippen LogP contribution in [0.4, 0.5) is 0 Å². The van der Waals surface area contributed by atoms with Crippen molar-refractivity contribution in [3.8, 4) is 0 Å². The summed E-state index contributed by atoms with van der Waals surface area (Å²) >= 11 is 1.68. The van der Waals surface area contributed by atoms with Crippen LogP contribution in [0.25, 0.3) is 0 Å². The lowest BCUT2D eigenvalue weighted by molar-refractivity contribution is -0.140. The molecule has 0 fully saturated rings. The molecule has 0 N–H and O–H groups in total. The number of ketones is 1. The van der Waals surface area contributed by atoms with Gasteiger partial charge in [0, 0.05) is 27.8 Å². The maximum absolute atomic E-state index is 12.9. The Kier molecular flexibility index (Phi) is 8.48. The molecule has 4 rings (SSSR count). The van der Waals surface area contributed by atoms with Gasteiger partial charge in [-0.3, -0.25) is 4.79 Å². The van der Waals surface area contributed by atoms with Crippen LogP contribution in [0.1, 0.15) is 46.5 Å². The summed E-state index contributed by atoms with van der Waals surface area (Å²) in [5, 5.41) is 3.82. The van der Waals surface area contributed by atoms with Gasteiger partial charge < -0.3 is 4.84 Å². The lowest BCUT2D eigenvalue weighted by atomic mass is 9.99. The van der Waals surface area contributed by atoms with Crippen molar-refractivity contribution in [3.05, 3.63) is 131 Å². The van der Waals surface area contributed by atoms with E-state index in [1.807, 2.05) is 78.9 Å². The summed E-state index contributed by atoms with van der Waals surface area (Å²) in [6.45, 7) is 3.13. The molecule has 0 bridgehead atoms. The third kappa shape index (κ3) is 7.03. The van der Waals surface area contributed by atoms with Crippen LogP contribution in [-0.2, 0) is 22.5 Å². The molecule has 4 nitrogen and oxygen atoms in total. The minimum Gasteiger partial charge on any atom is -0.318 e. The molecule has 180 valence electrons. The Morgan fingerprint density at radius 1 is 0.639 bits per heavy atom. The predicted molar refractivity (Wildman–Crippen MR) is 145 cm³/mol. The van der Waals surface area contributed by atoms with E-state index in [1.165, 1.54) is 22.9 Å². The molecule has 4 aromatic rings. The van der Waals surface area contributed by atoms with Crippen molar-refractivity contribution in [2.75, 3.05) is 0 Å². The van der Waals surface area contributed by atoms with Gasteiger partial charge >= 0.3 is 5.97 Å². The van der Waals surface area contributed by atoms with Gasteiger partial charge in [0.1, 0.15) is 0 Å². The van der Waals surface area contributed by atoms with Gasteiger partial charge in [-0.2, -0.15) is 0 Å². The Hall–Kier alpha value is -3.96. The molecule has 0 aliphatic carbocycles. The topological polar surface area (TPSA) is 55.7 Å². The highest BCUT2D eigenvalue weighted by Crippen LogP contribution is 2.27. The number of benzene rings is 4. The van der Waals surface area contributed by atoms with Gasteiger partial charge in [0.25, 0.3) is 0 Å². The average molecular weight is 494 g/mol. The van der Waals surface area contributed by atoms with Crippen molar-refractivity contribution >= 4 is 29.2 Å². The van der Waals surface area contributed by atoms with Gasteiger partial charge in [-0.15, -0.1) is 0 Å². The summed E-state index contributed by atoms with van der Waals surface area (Å²) in [5.41, 5.74) is 5.32.